The van der Waals surface area contributed by atoms with Crippen LogP contribution >= 0.6 is 0 Å². The summed E-state index contributed by atoms with van der Waals surface area (Å²) < 4.78 is 54.4. The normalized spacial score (nSPS) is 24.0. The van der Waals surface area contributed by atoms with E-state index in [1.54, 1.807) is 0 Å². The Morgan fingerprint density at radius 1 is 1.07 bits per heavy atom. The number of nitrogens with one attached hydrogen (secondary N) is 1. The maximum Gasteiger partial charge on any atom is 0.416 e. The Bertz CT molecular complexity index is 1640. The van der Waals surface area contributed by atoms with Crippen molar-refractivity contribution in [3.05, 3.63) is 81.1 Å². The smallest absolute Gasteiger partial charge is 0.416 e. The number of aliphatic hydroxyl groups is 3. The minimum Gasteiger partial charge on any atom is -0.511 e. The summed E-state index contributed by atoms with van der Waals surface area (Å²) >= 11 is 0. The van der Waals surface area contributed by atoms with Crippen LogP contribution in [0.1, 0.15) is 44.7 Å². The summed E-state index contributed by atoms with van der Waals surface area (Å²) in [4.78, 5) is 50.9. The number of rotatable bonds is 3. The molecule has 0 radical (unpaired) electrons. The molecule has 214 valence electrons. The number of hydrogen-bond acceptors (Lipinski definition) is 8. The van der Waals surface area contributed by atoms with E-state index < -0.39 is 110 Å². The summed E-state index contributed by atoms with van der Waals surface area (Å²) in [5.41, 5.74) is -2.48. The molecule has 2 aromatic carbocycles. The quantitative estimate of drug-likeness (QED) is 0.183. The van der Waals surface area contributed by atoms with Crippen molar-refractivity contribution in [2.24, 2.45) is 17.6 Å². The number of primary amides is 1. The average Bonchev–Trinajstić information content (AvgIpc) is 2.88. The minimum atomic E-state index is -4.76. The van der Waals surface area contributed by atoms with Gasteiger partial charge in [0.05, 0.1) is 16.8 Å². The molecule has 0 aromatic heterocycles. The van der Waals surface area contributed by atoms with Gasteiger partial charge in [-0.15, -0.1) is 0 Å². The van der Waals surface area contributed by atoms with E-state index in [4.69, 9.17) is 5.73 Å². The van der Waals surface area contributed by atoms with Crippen LogP contribution < -0.4 is 11.1 Å². The molecule has 2 amide bonds. The summed E-state index contributed by atoms with van der Waals surface area (Å²) in [5.74, 6) is -11.2. The van der Waals surface area contributed by atoms with E-state index in [-0.39, 0.29) is 18.4 Å². The van der Waals surface area contributed by atoms with E-state index >= 15 is 4.39 Å². The van der Waals surface area contributed by atoms with Gasteiger partial charge in [0.1, 0.15) is 22.9 Å². The molecule has 3 atom stereocenters. The zero-order valence-electron chi connectivity index (χ0n) is 20.7. The number of Topliss-reactive ketones (excluding diaryl/α,β-unsaturated/α-hetero) is 2. The number of carbonyl (C=O) groups is 4. The van der Waals surface area contributed by atoms with Gasteiger partial charge in [0.2, 0.25) is 5.78 Å². The zero-order chi connectivity index (χ0) is 30.2. The van der Waals surface area contributed by atoms with Gasteiger partial charge in [-0.25, -0.2) is 4.39 Å². The van der Waals surface area contributed by atoms with Gasteiger partial charge in [-0.2, -0.15) is 13.2 Å². The van der Waals surface area contributed by atoms with Crippen LogP contribution in [0.25, 0.3) is 0 Å². The molecular weight excluding hydrogens is 556 g/mol. The largest absolute Gasteiger partial charge is 0.511 e. The molecule has 0 saturated heterocycles. The van der Waals surface area contributed by atoms with Gasteiger partial charge >= 0.3 is 6.18 Å². The molecule has 10 nitrogen and oxygen atoms in total. The third kappa shape index (κ3) is 4.13. The molecule has 1 unspecified atom stereocenters. The number of amides is 2. The first kappa shape index (κ1) is 27.8. The number of ketones is 2. The number of benzene rings is 2. The highest BCUT2D eigenvalue weighted by molar-refractivity contribution is 6.24. The van der Waals surface area contributed by atoms with Gasteiger partial charge in [-0.1, -0.05) is 6.07 Å². The average molecular weight is 576 g/mol. The first-order valence-electron chi connectivity index (χ1n) is 12.1. The molecule has 0 saturated carbocycles. The standard InChI is InChI=1S/C27H20F4N2O8/c28-14-8-15(33-25(40)9-2-1-3-11(4-9)27(29,30)31)20(35)18-13(14)6-10-5-12-7-16(34)19(24(32)39)23(38)26(12,41)22(37)17(10)21(18)36/h1-4,8,10,12,34-35,37,41H,5-7H2,(H2,32,39)(H,33,40)/t10?,12-,26-/m0/s1. The van der Waals surface area contributed by atoms with E-state index in [0.29, 0.717) is 12.1 Å². The van der Waals surface area contributed by atoms with Gasteiger partial charge in [-0.05, 0) is 37.0 Å². The number of nitrogens with two attached hydrogens (primary N) is 1. The van der Waals surface area contributed by atoms with Crippen molar-refractivity contribution in [1.29, 1.82) is 0 Å². The van der Waals surface area contributed by atoms with Crippen molar-refractivity contribution in [3.8, 4) is 5.75 Å². The molecule has 3 aliphatic carbocycles. The van der Waals surface area contributed by atoms with Crippen LogP contribution in [0.2, 0.25) is 0 Å². The fourth-order valence-electron chi connectivity index (χ4n) is 5.77. The van der Waals surface area contributed by atoms with Crippen LogP contribution in [0.5, 0.6) is 5.75 Å². The lowest BCUT2D eigenvalue weighted by Gasteiger charge is -2.45. The Labute approximate surface area is 227 Å². The Kier molecular flexibility index (Phi) is 6.22. The molecule has 0 fully saturated rings. The molecule has 3 aliphatic rings. The van der Waals surface area contributed by atoms with Crippen LogP contribution in [0.3, 0.4) is 0 Å². The minimum absolute atomic E-state index is 0.211. The molecule has 14 heteroatoms. The van der Waals surface area contributed by atoms with Crippen LogP contribution in [0, 0.1) is 17.7 Å². The summed E-state index contributed by atoms with van der Waals surface area (Å²) in [6.45, 7) is 0. The lowest BCUT2D eigenvalue weighted by atomic mass is 9.60. The highest BCUT2D eigenvalue weighted by atomic mass is 19.4. The highest BCUT2D eigenvalue weighted by Crippen LogP contribution is 2.52. The van der Waals surface area contributed by atoms with Crippen molar-refractivity contribution < 1.29 is 57.2 Å². The number of fused-ring (bicyclic) bond motifs is 3. The van der Waals surface area contributed by atoms with E-state index in [1.165, 1.54) is 0 Å². The Hall–Kier alpha value is -4.72. The van der Waals surface area contributed by atoms with Crippen molar-refractivity contribution in [2.75, 3.05) is 5.32 Å². The summed E-state index contributed by atoms with van der Waals surface area (Å²) in [7, 11) is 0. The van der Waals surface area contributed by atoms with Crippen LogP contribution in [-0.4, -0.2) is 49.4 Å². The number of halogens is 4. The summed E-state index contributed by atoms with van der Waals surface area (Å²) in [6.07, 6.45) is -5.74. The predicted molar refractivity (Wildman–Crippen MR) is 130 cm³/mol. The Balaban J connectivity index is 1.56. The second-order valence-corrected chi connectivity index (χ2v) is 10.1. The molecule has 41 heavy (non-hydrogen) atoms. The van der Waals surface area contributed by atoms with Gasteiger partial charge in [-0.3, -0.25) is 19.2 Å². The number of phenols is 1. The maximum atomic E-state index is 15.2. The second kappa shape index (κ2) is 9.16. The van der Waals surface area contributed by atoms with Gasteiger partial charge < -0.3 is 31.5 Å². The van der Waals surface area contributed by atoms with Crippen LogP contribution in [-0.2, 0) is 22.2 Å². The third-order valence-corrected chi connectivity index (χ3v) is 7.71. The van der Waals surface area contributed by atoms with Gasteiger partial charge in [0.25, 0.3) is 11.8 Å². The monoisotopic (exact) mass is 576 g/mol. The number of hydrogen-bond donors (Lipinski definition) is 6. The molecule has 5 rings (SSSR count). The van der Waals surface area contributed by atoms with E-state index in [1.807, 2.05) is 0 Å². The van der Waals surface area contributed by atoms with Crippen molar-refractivity contribution in [2.45, 2.75) is 31.0 Å². The number of aliphatic hydroxyl groups excluding tert-OH is 2. The van der Waals surface area contributed by atoms with Gasteiger partial charge in [0, 0.05) is 35.1 Å². The lowest BCUT2D eigenvalue weighted by molar-refractivity contribution is -0.144. The first-order chi connectivity index (χ1) is 19.1. The van der Waals surface area contributed by atoms with Crippen molar-refractivity contribution >= 4 is 29.1 Å². The summed E-state index contributed by atoms with van der Waals surface area (Å²) in [5, 5.41) is 45.4. The molecule has 0 spiro atoms. The van der Waals surface area contributed by atoms with E-state index in [9.17, 15) is 52.8 Å². The molecule has 0 heterocycles. The number of alkyl halides is 3. The fourth-order valence-corrected chi connectivity index (χ4v) is 5.77. The van der Waals surface area contributed by atoms with Crippen molar-refractivity contribution in [3.63, 3.8) is 0 Å². The number of allylic oxidation sites excluding steroid dienone is 2. The topological polar surface area (TPSA) is 187 Å². The van der Waals surface area contributed by atoms with Crippen molar-refractivity contribution in [1.82, 2.24) is 0 Å². The SMILES string of the molecule is NC(=O)C1=C(O)C[C@@H]2CC3Cc4c(F)cc(NC(=O)c5cccc(C(F)(F)F)c5)c(O)c4C(=O)C3=C(O)[C@]2(O)C1=O. The van der Waals surface area contributed by atoms with Crippen LogP contribution in [0.15, 0.2) is 53.0 Å². The van der Waals surface area contributed by atoms with E-state index in [0.717, 1.165) is 18.2 Å². The number of phenolic OH excluding ortho intramolecular Hbond substituents is 1. The Morgan fingerprint density at radius 3 is 2.39 bits per heavy atom. The fraction of sp³-hybridized carbons (Fsp3) is 0.259. The van der Waals surface area contributed by atoms with Crippen LogP contribution in [0.4, 0.5) is 23.2 Å². The number of anilines is 1. The van der Waals surface area contributed by atoms with E-state index in [2.05, 4.69) is 5.32 Å². The molecular formula is C27H20F4N2O8. The number of carbonyl (C=O) groups excluding carboxylic acids is 4. The third-order valence-electron chi connectivity index (χ3n) is 7.71. The first-order valence-corrected chi connectivity index (χ1v) is 12.1. The maximum absolute atomic E-state index is 15.2. The molecule has 0 aliphatic heterocycles. The highest BCUT2D eigenvalue weighted by Gasteiger charge is 2.59. The molecule has 7 N–H and O–H groups in total. The molecule has 0 bridgehead atoms. The lowest BCUT2D eigenvalue weighted by Crippen LogP contribution is -2.57. The second-order valence-electron chi connectivity index (χ2n) is 10.1. The predicted octanol–water partition coefficient (Wildman–Crippen LogP) is 2.99. The number of aromatic hydroxyl groups is 1. The van der Waals surface area contributed by atoms with Gasteiger partial charge in [0.15, 0.2) is 17.1 Å². The zero-order valence-corrected chi connectivity index (χ0v) is 20.7. The summed E-state index contributed by atoms with van der Waals surface area (Å²) in [6, 6.07) is 3.95. The Morgan fingerprint density at radius 2 is 1.76 bits per heavy atom. The molecule has 2 aromatic rings.